The number of anilines is 4. The quantitative estimate of drug-likeness (QED) is 0.244. The van der Waals surface area contributed by atoms with Crippen LogP contribution in [0.5, 0.6) is 0 Å². The van der Waals surface area contributed by atoms with Crippen molar-refractivity contribution in [2.75, 3.05) is 30.9 Å². The van der Waals surface area contributed by atoms with Crippen molar-refractivity contribution < 1.29 is 36.7 Å². The number of hydrogen-bond donors (Lipinski definition) is 3. The minimum atomic E-state index is -4.73. The van der Waals surface area contributed by atoms with Crippen molar-refractivity contribution in [2.24, 2.45) is 0 Å². The van der Waals surface area contributed by atoms with E-state index in [0.29, 0.717) is 67.7 Å². The molecule has 0 spiro atoms. The van der Waals surface area contributed by atoms with Gasteiger partial charge >= 0.3 is 13.8 Å². The van der Waals surface area contributed by atoms with Gasteiger partial charge in [-0.1, -0.05) is 18.2 Å². The fourth-order valence-electron chi connectivity index (χ4n) is 5.97. The molecule has 44 heavy (non-hydrogen) atoms. The standard InChI is InChI=1S/C30H33F3N5O5P/c1-38-16-23-22(19-5-9-21(39)10-6-19)11-12-25(26(23)28(38)40)36-29-34-15-24(30(31,32)33)27(37-29)35-20-7-3-18(4-8-20)17-44(41)42-13-2-14-43-44/h3-4,7-8,11-12,15,19,21,39H,2,5-6,9-10,13-14,16-17H2,1H3,(H2,34,35,36,37)/t19-,21-. The summed E-state index contributed by atoms with van der Waals surface area (Å²) >= 11 is 0. The maximum absolute atomic E-state index is 13.9. The highest BCUT2D eigenvalue weighted by atomic mass is 31.2. The topological polar surface area (TPSA) is 126 Å². The Bertz CT molecular complexity index is 1590. The predicted molar refractivity (Wildman–Crippen MR) is 157 cm³/mol. The Kier molecular flexibility index (Phi) is 8.40. The lowest BCUT2D eigenvalue weighted by molar-refractivity contribution is -0.137. The van der Waals surface area contributed by atoms with Gasteiger partial charge in [-0.05, 0) is 72.9 Å². The van der Waals surface area contributed by atoms with Crippen LogP contribution in [0.1, 0.15) is 70.6 Å². The zero-order valence-corrected chi connectivity index (χ0v) is 25.0. The van der Waals surface area contributed by atoms with Crippen molar-refractivity contribution in [2.45, 2.75) is 63.0 Å². The van der Waals surface area contributed by atoms with Gasteiger partial charge < -0.3 is 29.7 Å². The molecule has 234 valence electrons. The van der Waals surface area contributed by atoms with Crippen LogP contribution in [0.4, 0.5) is 36.3 Å². The Morgan fingerprint density at radius 1 is 1.05 bits per heavy atom. The maximum Gasteiger partial charge on any atom is 0.421 e. The molecule has 10 nitrogen and oxygen atoms in total. The summed E-state index contributed by atoms with van der Waals surface area (Å²) in [6.45, 7) is 1.12. The molecule has 0 radical (unpaired) electrons. The Balaban J connectivity index is 1.26. The van der Waals surface area contributed by atoms with Crippen molar-refractivity contribution in [1.29, 1.82) is 0 Å². The SMILES string of the molecule is CN1Cc2c(c(Nc3ncc(C(F)(F)F)c(Nc4ccc(CP5(=O)OCCCO5)cc4)n3)ccc2[C@H]2CC[C@H](O)CC2)C1=O. The second-order valence-electron chi connectivity index (χ2n) is 11.4. The number of carbonyl (C=O) groups is 1. The van der Waals surface area contributed by atoms with E-state index in [1.54, 1.807) is 42.3 Å². The molecule has 1 aliphatic carbocycles. The molecule has 3 aromatic rings. The molecule has 2 fully saturated rings. The molecule has 1 aromatic heterocycles. The molecule has 1 saturated carbocycles. The van der Waals surface area contributed by atoms with Crippen LogP contribution in [0.15, 0.2) is 42.6 Å². The van der Waals surface area contributed by atoms with Gasteiger partial charge in [-0.25, -0.2) is 4.98 Å². The van der Waals surface area contributed by atoms with E-state index < -0.39 is 25.2 Å². The molecule has 3 aliphatic rings. The largest absolute Gasteiger partial charge is 0.421 e. The molecule has 2 aromatic carbocycles. The zero-order valence-electron chi connectivity index (χ0n) is 24.1. The number of alkyl halides is 3. The number of carbonyl (C=O) groups excluding carboxylic acids is 1. The van der Waals surface area contributed by atoms with Crippen molar-refractivity contribution in [3.05, 3.63) is 70.4 Å². The molecule has 6 rings (SSSR count). The number of fused-ring (bicyclic) bond motifs is 1. The van der Waals surface area contributed by atoms with E-state index in [2.05, 4.69) is 20.6 Å². The van der Waals surface area contributed by atoms with E-state index in [-0.39, 0.29) is 30.0 Å². The first-order valence-electron chi connectivity index (χ1n) is 14.5. The molecule has 0 atom stereocenters. The summed E-state index contributed by atoms with van der Waals surface area (Å²) in [6, 6.07) is 10.1. The van der Waals surface area contributed by atoms with Gasteiger partial charge in [0.1, 0.15) is 11.4 Å². The summed E-state index contributed by atoms with van der Waals surface area (Å²) in [7, 11) is -1.55. The Labute approximate surface area is 252 Å². The summed E-state index contributed by atoms with van der Waals surface area (Å²) in [5.41, 5.74) is 2.71. The predicted octanol–water partition coefficient (Wildman–Crippen LogP) is 6.72. The first kappa shape index (κ1) is 30.5. The highest BCUT2D eigenvalue weighted by molar-refractivity contribution is 7.53. The van der Waals surface area contributed by atoms with Gasteiger partial charge in [0, 0.05) is 25.5 Å². The van der Waals surface area contributed by atoms with Crippen LogP contribution < -0.4 is 10.6 Å². The number of benzene rings is 2. The smallest absolute Gasteiger partial charge is 0.393 e. The summed E-state index contributed by atoms with van der Waals surface area (Å²) in [5.74, 6) is -0.558. The number of aliphatic hydroxyl groups is 1. The van der Waals surface area contributed by atoms with Crippen LogP contribution in [-0.4, -0.2) is 52.2 Å². The van der Waals surface area contributed by atoms with E-state index in [0.717, 1.165) is 24.0 Å². The molecule has 2 aliphatic heterocycles. The number of nitrogens with zero attached hydrogens (tertiary/aromatic N) is 3. The zero-order chi connectivity index (χ0) is 31.1. The summed E-state index contributed by atoms with van der Waals surface area (Å²) in [4.78, 5) is 22.9. The molecule has 3 heterocycles. The first-order chi connectivity index (χ1) is 21.0. The van der Waals surface area contributed by atoms with Crippen molar-refractivity contribution in [3.63, 3.8) is 0 Å². The van der Waals surface area contributed by atoms with Gasteiger partial charge in [-0.3, -0.25) is 9.36 Å². The average molecular weight is 632 g/mol. The molecular weight excluding hydrogens is 598 g/mol. The average Bonchev–Trinajstić information content (AvgIpc) is 3.28. The second kappa shape index (κ2) is 12.1. The lowest BCUT2D eigenvalue weighted by Crippen LogP contribution is -2.18. The van der Waals surface area contributed by atoms with Crippen LogP contribution in [0.3, 0.4) is 0 Å². The third kappa shape index (κ3) is 6.46. The van der Waals surface area contributed by atoms with E-state index in [1.807, 2.05) is 6.07 Å². The van der Waals surface area contributed by atoms with E-state index in [4.69, 9.17) is 9.05 Å². The fourth-order valence-corrected chi connectivity index (χ4v) is 7.70. The number of rotatable bonds is 7. The van der Waals surface area contributed by atoms with E-state index in [1.165, 1.54) is 0 Å². The lowest BCUT2D eigenvalue weighted by atomic mass is 9.80. The van der Waals surface area contributed by atoms with Crippen molar-refractivity contribution in [1.82, 2.24) is 14.9 Å². The summed E-state index contributed by atoms with van der Waals surface area (Å²) < 4.78 is 65.1. The molecule has 14 heteroatoms. The molecule has 0 bridgehead atoms. The number of halogens is 3. The second-order valence-corrected chi connectivity index (χ2v) is 13.5. The van der Waals surface area contributed by atoms with Crippen LogP contribution in [0.2, 0.25) is 0 Å². The monoisotopic (exact) mass is 631 g/mol. The first-order valence-corrected chi connectivity index (χ1v) is 16.3. The number of hydrogen-bond acceptors (Lipinski definition) is 9. The Morgan fingerprint density at radius 2 is 1.75 bits per heavy atom. The van der Waals surface area contributed by atoms with Gasteiger partial charge in [0.2, 0.25) is 5.95 Å². The molecule has 0 unspecified atom stereocenters. The van der Waals surface area contributed by atoms with Gasteiger partial charge in [-0.2, -0.15) is 18.2 Å². The molecule has 1 saturated heterocycles. The minimum Gasteiger partial charge on any atom is -0.393 e. The maximum atomic E-state index is 13.9. The summed E-state index contributed by atoms with van der Waals surface area (Å²) in [6.07, 6.45) is -0.584. The van der Waals surface area contributed by atoms with Crippen LogP contribution in [0.25, 0.3) is 0 Å². The number of nitrogens with one attached hydrogen (secondary N) is 2. The molecule has 1 amide bonds. The third-order valence-electron chi connectivity index (χ3n) is 8.24. The van der Waals surface area contributed by atoms with Gasteiger partial charge in [0.25, 0.3) is 5.91 Å². The van der Waals surface area contributed by atoms with E-state index >= 15 is 0 Å². The van der Waals surface area contributed by atoms with E-state index in [9.17, 15) is 27.6 Å². The minimum absolute atomic E-state index is 0.0579. The molecular formula is C30H33F3N5O5P. The normalized spacial score (nSPS) is 21.7. The van der Waals surface area contributed by atoms with Gasteiger partial charge in [-0.15, -0.1) is 0 Å². The Hall–Kier alpha value is -3.51. The third-order valence-corrected chi connectivity index (χ3v) is 10.1. The van der Waals surface area contributed by atoms with Crippen molar-refractivity contribution >= 4 is 36.6 Å². The van der Waals surface area contributed by atoms with Crippen molar-refractivity contribution in [3.8, 4) is 0 Å². The van der Waals surface area contributed by atoms with Crippen LogP contribution >= 0.6 is 7.60 Å². The number of aliphatic hydroxyl groups excluding tert-OH is 1. The summed E-state index contributed by atoms with van der Waals surface area (Å²) in [5, 5.41) is 15.7. The molecule has 3 N–H and O–H groups in total. The highest BCUT2D eigenvalue weighted by Gasteiger charge is 2.37. The van der Waals surface area contributed by atoms with Gasteiger partial charge in [0.15, 0.2) is 0 Å². The number of aromatic nitrogens is 2. The number of amides is 1. The highest BCUT2D eigenvalue weighted by Crippen LogP contribution is 2.53. The fraction of sp³-hybridized carbons (Fsp3) is 0.433. The Morgan fingerprint density at radius 3 is 2.43 bits per heavy atom. The van der Waals surface area contributed by atoms with Crippen LogP contribution in [0, 0.1) is 0 Å². The van der Waals surface area contributed by atoms with Gasteiger partial charge in [0.05, 0.1) is 36.7 Å². The lowest BCUT2D eigenvalue weighted by Gasteiger charge is -2.27. The van der Waals surface area contributed by atoms with Crippen LogP contribution in [-0.2, 0) is 32.5 Å².